The van der Waals surface area contributed by atoms with Crippen LogP contribution in [0, 0.1) is 0 Å². The lowest BCUT2D eigenvalue weighted by Gasteiger charge is -2.23. The number of nitrogens with zero attached hydrogens (tertiary/aromatic N) is 4. The molecule has 3 aromatic heterocycles. The number of para-hydroxylation sites is 4. The first-order valence-corrected chi connectivity index (χ1v) is 17.9. The number of rotatable bonds is 2. The van der Waals surface area contributed by atoms with Gasteiger partial charge in [-0.3, -0.25) is 4.57 Å². The van der Waals surface area contributed by atoms with Gasteiger partial charge in [0.1, 0.15) is 11.5 Å². The van der Waals surface area contributed by atoms with Crippen LogP contribution in [-0.4, -0.2) is 19.1 Å². The van der Waals surface area contributed by atoms with Crippen molar-refractivity contribution in [1.29, 1.82) is 0 Å². The number of benzene rings is 7. The lowest BCUT2D eigenvalue weighted by Crippen LogP contribution is -2.15. The highest BCUT2D eigenvalue weighted by Gasteiger charge is 2.41. The standard InChI is InChI=1S/C47H30N4O/c1-47(2)32-21-10-6-17-28(32)38-39-29-18-7-12-24-35(29)51(46-48-33-22-14-26-37-41(33)43(49-46)31-20-9-13-25-36(31)52-37)44(39)45-40(42(38)47)30-19-8-11-23-34(30)50(45)27-15-4-3-5-16-27/h3-26H,1-2H3. The number of ether oxygens (including phenoxy) is 1. The maximum absolute atomic E-state index is 6.39. The van der Waals surface area contributed by atoms with Crippen LogP contribution in [0.5, 0.6) is 11.5 Å². The van der Waals surface area contributed by atoms with Crippen molar-refractivity contribution in [3.8, 4) is 45.5 Å². The summed E-state index contributed by atoms with van der Waals surface area (Å²) in [5.74, 6) is 2.22. The molecule has 1 aliphatic carbocycles. The highest BCUT2D eigenvalue weighted by atomic mass is 16.5. The molecule has 5 nitrogen and oxygen atoms in total. The van der Waals surface area contributed by atoms with Gasteiger partial charge in [-0.05, 0) is 70.8 Å². The van der Waals surface area contributed by atoms with E-state index in [1.807, 2.05) is 24.3 Å². The predicted molar refractivity (Wildman–Crippen MR) is 211 cm³/mol. The van der Waals surface area contributed by atoms with E-state index in [2.05, 4.69) is 144 Å². The minimum atomic E-state index is -0.239. The van der Waals surface area contributed by atoms with Crippen LogP contribution < -0.4 is 4.74 Å². The Bertz CT molecular complexity index is 3180. The molecule has 0 bridgehead atoms. The third kappa shape index (κ3) is 3.38. The van der Waals surface area contributed by atoms with E-state index >= 15 is 0 Å². The second-order valence-electron chi connectivity index (χ2n) is 14.5. The molecule has 2 aliphatic rings. The molecule has 1 aliphatic heterocycles. The molecule has 0 atom stereocenters. The third-order valence-electron chi connectivity index (χ3n) is 11.5. The van der Waals surface area contributed by atoms with Gasteiger partial charge in [-0.1, -0.05) is 111 Å². The summed E-state index contributed by atoms with van der Waals surface area (Å²) in [6, 6.07) is 51.7. The quantitative estimate of drug-likeness (QED) is 0.184. The smallest absolute Gasteiger partial charge is 0.235 e. The van der Waals surface area contributed by atoms with Gasteiger partial charge in [-0.15, -0.1) is 0 Å². The number of fused-ring (bicyclic) bond motifs is 14. The maximum Gasteiger partial charge on any atom is 0.235 e. The van der Waals surface area contributed by atoms with Gasteiger partial charge in [0.2, 0.25) is 5.95 Å². The Hall–Kier alpha value is -6.72. The van der Waals surface area contributed by atoms with Crippen molar-refractivity contribution in [3.05, 3.63) is 157 Å². The van der Waals surface area contributed by atoms with Gasteiger partial charge >= 0.3 is 0 Å². The van der Waals surface area contributed by atoms with E-state index in [1.165, 1.54) is 49.3 Å². The molecule has 0 fully saturated rings. The first-order valence-electron chi connectivity index (χ1n) is 17.9. The Labute approximate surface area is 299 Å². The van der Waals surface area contributed by atoms with Gasteiger partial charge in [0.15, 0.2) is 0 Å². The zero-order valence-electron chi connectivity index (χ0n) is 28.6. The average molecular weight is 667 g/mol. The monoisotopic (exact) mass is 666 g/mol. The lowest BCUT2D eigenvalue weighted by molar-refractivity contribution is 0.486. The average Bonchev–Trinajstić information content (AvgIpc) is 3.79. The van der Waals surface area contributed by atoms with E-state index in [0.29, 0.717) is 5.95 Å². The molecule has 0 N–H and O–H groups in total. The van der Waals surface area contributed by atoms with Crippen molar-refractivity contribution in [2.24, 2.45) is 0 Å². The second-order valence-corrected chi connectivity index (χ2v) is 14.5. The van der Waals surface area contributed by atoms with Crippen molar-refractivity contribution in [2.75, 3.05) is 0 Å². The van der Waals surface area contributed by atoms with Crippen LogP contribution in [0.3, 0.4) is 0 Å². The van der Waals surface area contributed by atoms with Crippen molar-refractivity contribution in [1.82, 2.24) is 19.1 Å². The predicted octanol–water partition coefficient (Wildman–Crippen LogP) is 11.9. The summed E-state index contributed by atoms with van der Waals surface area (Å²) in [6.07, 6.45) is 0. The van der Waals surface area contributed by atoms with Crippen LogP contribution in [0.1, 0.15) is 25.0 Å². The molecular formula is C47H30N4O. The number of aromatic nitrogens is 4. The van der Waals surface area contributed by atoms with Crippen molar-refractivity contribution in [3.63, 3.8) is 0 Å². The Balaban J connectivity index is 1.37. The highest BCUT2D eigenvalue weighted by Crippen LogP contribution is 2.58. The van der Waals surface area contributed by atoms with Gasteiger partial charge in [0.25, 0.3) is 0 Å². The molecule has 10 aromatic rings. The summed E-state index contributed by atoms with van der Waals surface area (Å²) in [7, 11) is 0. The molecule has 244 valence electrons. The van der Waals surface area contributed by atoms with Gasteiger partial charge in [0.05, 0.1) is 38.7 Å². The molecule has 5 heteroatoms. The van der Waals surface area contributed by atoms with Crippen molar-refractivity contribution >= 4 is 54.5 Å². The van der Waals surface area contributed by atoms with Gasteiger partial charge in [-0.25, -0.2) is 9.97 Å². The SMILES string of the molecule is CC1(C)c2ccccc2-c2c1c1c3ccccc3n(-c3ccccc3)c1c1c2c2ccccc2n1-c1nc2c3c(cccc3n1)Oc1ccccc1-2. The molecule has 7 aromatic carbocycles. The largest absolute Gasteiger partial charge is 0.456 e. The number of hydrogen-bond acceptors (Lipinski definition) is 3. The van der Waals surface area contributed by atoms with E-state index in [9.17, 15) is 0 Å². The summed E-state index contributed by atoms with van der Waals surface area (Å²) in [4.78, 5) is 10.9. The Morgan fingerprint density at radius 3 is 1.98 bits per heavy atom. The summed E-state index contributed by atoms with van der Waals surface area (Å²) in [5.41, 5.74) is 13.4. The van der Waals surface area contributed by atoms with Crippen molar-refractivity contribution < 1.29 is 4.74 Å². The fourth-order valence-electron chi connectivity index (χ4n) is 9.40. The Morgan fingerprint density at radius 1 is 0.519 bits per heavy atom. The molecule has 52 heavy (non-hydrogen) atoms. The van der Waals surface area contributed by atoms with Gasteiger partial charge in [-0.2, -0.15) is 0 Å². The minimum Gasteiger partial charge on any atom is -0.456 e. The van der Waals surface area contributed by atoms with Gasteiger partial charge < -0.3 is 9.30 Å². The van der Waals surface area contributed by atoms with Crippen LogP contribution >= 0.6 is 0 Å². The summed E-state index contributed by atoms with van der Waals surface area (Å²) < 4.78 is 11.2. The Kier molecular flexibility index (Phi) is 5.25. The molecule has 0 saturated heterocycles. The molecular weight excluding hydrogens is 637 g/mol. The van der Waals surface area contributed by atoms with Crippen LogP contribution in [0.15, 0.2) is 146 Å². The molecule has 0 unspecified atom stereocenters. The second kappa shape index (κ2) is 9.74. The van der Waals surface area contributed by atoms with E-state index < -0.39 is 0 Å². The minimum absolute atomic E-state index is 0.239. The van der Waals surface area contributed by atoms with Crippen molar-refractivity contribution in [2.45, 2.75) is 19.3 Å². The molecule has 0 radical (unpaired) electrons. The van der Waals surface area contributed by atoms with Crippen LogP contribution in [0.25, 0.3) is 88.5 Å². The first kappa shape index (κ1) is 28.0. The van der Waals surface area contributed by atoms with E-state index in [1.54, 1.807) is 0 Å². The fourth-order valence-corrected chi connectivity index (χ4v) is 9.40. The summed E-state index contributed by atoms with van der Waals surface area (Å²) in [5, 5.41) is 5.86. The topological polar surface area (TPSA) is 44.9 Å². The zero-order valence-corrected chi connectivity index (χ0v) is 28.6. The van der Waals surface area contributed by atoms with E-state index in [-0.39, 0.29) is 5.41 Å². The maximum atomic E-state index is 6.39. The number of hydrogen-bond donors (Lipinski definition) is 0. The van der Waals surface area contributed by atoms with E-state index in [0.717, 1.165) is 55.9 Å². The van der Waals surface area contributed by atoms with Crippen LogP contribution in [0.4, 0.5) is 0 Å². The normalized spacial score (nSPS) is 13.9. The molecule has 4 heterocycles. The molecule has 0 spiro atoms. The fraction of sp³-hybridized carbons (Fsp3) is 0.0638. The third-order valence-corrected chi connectivity index (χ3v) is 11.5. The molecule has 0 amide bonds. The Morgan fingerprint density at radius 2 is 1.15 bits per heavy atom. The van der Waals surface area contributed by atoms with E-state index in [4.69, 9.17) is 14.7 Å². The lowest BCUT2D eigenvalue weighted by atomic mass is 9.80. The zero-order chi connectivity index (χ0) is 34.3. The first-order chi connectivity index (χ1) is 25.6. The summed E-state index contributed by atoms with van der Waals surface area (Å²) in [6.45, 7) is 4.79. The summed E-state index contributed by atoms with van der Waals surface area (Å²) >= 11 is 0. The molecule has 0 saturated carbocycles. The van der Waals surface area contributed by atoms with Gasteiger partial charge in [0, 0.05) is 38.2 Å². The van der Waals surface area contributed by atoms with Crippen LogP contribution in [0.2, 0.25) is 0 Å². The highest BCUT2D eigenvalue weighted by molar-refractivity contribution is 6.31. The molecule has 12 rings (SSSR count). The van der Waals surface area contributed by atoms with Crippen LogP contribution in [-0.2, 0) is 5.41 Å².